The van der Waals surface area contributed by atoms with Crippen LogP contribution in [0.5, 0.6) is 0 Å². The summed E-state index contributed by atoms with van der Waals surface area (Å²) < 4.78 is 0. The second-order valence-electron chi connectivity index (χ2n) is 3.11. The maximum Gasteiger partial charge on any atom is 0.0107 e. The molecule has 1 heterocycles. The highest BCUT2D eigenvalue weighted by molar-refractivity contribution is 4.64. The maximum absolute atomic E-state index is 2.75. The van der Waals surface area contributed by atoms with E-state index in [0.29, 0.717) is 0 Å². The molecule has 0 amide bonds. The fourth-order valence-electron chi connectivity index (χ4n) is 0.906. The lowest BCUT2D eigenvalue weighted by molar-refractivity contribution is 0.181. The van der Waals surface area contributed by atoms with Gasteiger partial charge in [0.2, 0.25) is 0 Å². The van der Waals surface area contributed by atoms with Gasteiger partial charge in [0, 0.05) is 26.2 Å². The average molecular weight is 159 g/mol. The first-order valence-corrected chi connectivity index (χ1v) is 4.16. The van der Waals surface area contributed by atoms with Gasteiger partial charge in [0.25, 0.3) is 0 Å². The Kier molecular flexibility index (Phi) is 6.51. The molecule has 3 nitrogen and oxygen atoms in total. The topological polar surface area (TPSA) is 18.5 Å². The van der Waals surface area contributed by atoms with Crippen LogP contribution in [0.4, 0.5) is 0 Å². The van der Waals surface area contributed by atoms with Crippen LogP contribution in [0.25, 0.3) is 0 Å². The van der Waals surface area contributed by atoms with Crippen molar-refractivity contribution in [1.82, 2.24) is 15.1 Å². The average Bonchev–Trinajstić information content (AvgIpc) is 1.97. The van der Waals surface area contributed by atoms with Crippen LogP contribution in [0, 0.1) is 0 Å². The first kappa shape index (κ1) is 10.9. The normalized spacial score (nSPS) is 20.7. The smallest absolute Gasteiger partial charge is 0.0107 e. The molecular formula is C8H21N3. The van der Waals surface area contributed by atoms with Crippen LogP contribution in [-0.2, 0) is 0 Å². The Labute approximate surface area is 70.4 Å². The number of nitrogens with zero attached hydrogens (tertiary/aromatic N) is 2. The van der Waals surface area contributed by atoms with Crippen LogP contribution < -0.4 is 5.32 Å². The molecule has 1 fully saturated rings. The summed E-state index contributed by atoms with van der Waals surface area (Å²) in [6, 6.07) is 0. The first-order valence-electron chi connectivity index (χ1n) is 4.16. The summed E-state index contributed by atoms with van der Waals surface area (Å²) in [7, 11) is 8.10. The minimum atomic E-state index is 1.23. The number of hydrogen-bond donors (Lipinski definition) is 1. The number of piperazine rings is 1. The predicted octanol–water partition coefficient (Wildman–Crippen LogP) is -0.301. The molecule has 1 aliphatic rings. The van der Waals surface area contributed by atoms with Gasteiger partial charge in [-0.05, 0) is 28.2 Å². The summed E-state index contributed by atoms with van der Waals surface area (Å²) in [6.45, 7) is 4.93. The molecule has 0 aliphatic carbocycles. The summed E-state index contributed by atoms with van der Waals surface area (Å²) in [4.78, 5) is 4.72. The molecule has 0 aromatic carbocycles. The van der Waals surface area contributed by atoms with Crippen molar-refractivity contribution in [3.8, 4) is 0 Å². The lowest BCUT2D eigenvalue weighted by Gasteiger charge is -2.28. The Hall–Kier alpha value is -0.120. The zero-order chi connectivity index (χ0) is 8.69. The summed E-state index contributed by atoms with van der Waals surface area (Å²) in [5.41, 5.74) is 0. The highest BCUT2D eigenvalue weighted by atomic mass is 15.2. The fraction of sp³-hybridized carbons (Fsp3) is 1.00. The molecule has 11 heavy (non-hydrogen) atoms. The molecule has 0 aromatic heterocycles. The Balaban J connectivity index is 0.000000292. The number of nitrogens with one attached hydrogen (secondary N) is 1. The highest BCUT2D eigenvalue weighted by Crippen LogP contribution is 1.93. The van der Waals surface area contributed by atoms with Crippen LogP contribution in [0.2, 0.25) is 0 Å². The molecule has 1 aliphatic heterocycles. The predicted molar refractivity (Wildman–Crippen MR) is 50.0 cm³/mol. The zero-order valence-electron chi connectivity index (χ0n) is 8.22. The van der Waals surface area contributed by atoms with Crippen molar-refractivity contribution in [2.24, 2.45) is 0 Å². The third kappa shape index (κ3) is 6.28. The minimum Gasteiger partial charge on any atom is -0.323 e. The van der Waals surface area contributed by atoms with Crippen molar-refractivity contribution in [2.45, 2.75) is 0 Å². The molecule has 3 heteroatoms. The molecule has 0 radical (unpaired) electrons. The number of likely N-dealkylation sites (N-methyl/N-ethyl adjacent to an activating group) is 2. The number of hydrogen-bond acceptors (Lipinski definition) is 3. The van der Waals surface area contributed by atoms with E-state index in [1.165, 1.54) is 26.2 Å². The molecule has 68 valence electrons. The Morgan fingerprint density at radius 2 is 1.00 bits per heavy atom. The lowest BCUT2D eigenvalue weighted by Crippen LogP contribution is -2.42. The van der Waals surface area contributed by atoms with Crippen LogP contribution in [0.15, 0.2) is 0 Å². The molecule has 1 saturated heterocycles. The molecule has 0 aromatic rings. The number of rotatable bonds is 0. The van der Waals surface area contributed by atoms with E-state index < -0.39 is 0 Å². The molecular weight excluding hydrogens is 138 g/mol. The second kappa shape index (κ2) is 6.58. The first-order chi connectivity index (χ1) is 5.20. The Morgan fingerprint density at radius 3 is 1.18 bits per heavy atom. The van der Waals surface area contributed by atoms with E-state index in [9.17, 15) is 0 Å². The van der Waals surface area contributed by atoms with E-state index >= 15 is 0 Å². The van der Waals surface area contributed by atoms with Gasteiger partial charge in [0.05, 0.1) is 0 Å². The van der Waals surface area contributed by atoms with Gasteiger partial charge in [0.1, 0.15) is 0 Å². The van der Waals surface area contributed by atoms with Crippen molar-refractivity contribution in [2.75, 3.05) is 54.4 Å². The third-order valence-corrected chi connectivity index (χ3v) is 1.73. The quantitative estimate of drug-likeness (QED) is 0.523. The van der Waals surface area contributed by atoms with Gasteiger partial charge in [-0.25, -0.2) is 0 Å². The van der Waals surface area contributed by atoms with Crippen LogP contribution in [-0.4, -0.2) is 64.2 Å². The summed E-state index contributed by atoms with van der Waals surface area (Å²) in [5, 5.41) is 2.75. The van der Waals surface area contributed by atoms with E-state index in [-0.39, 0.29) is 0 Å². The van der Waals surface area contributed by atoms with Crippen molar-refractivity contribution in [3.63, 3.8) is 0 Å². The highest BCUT2D eigenvalue weighted by Gasteiger charge is 2.07. The van der Waals surface area contributed by atoms with Gasteiger partial charge < -0.3 is 15.1 Å². The Morgan fingerprint density at radius 1 is 0.818 bits per heavy atom. The zero-order valence-corrected chi connectivity index (χ0v) is 8.22. The molecule has 0 unspecified atom stereocenters. The van der Waals surface area contributed by atoms with Gasteiger partial charge in [-0.3, -0.25) is 0 Å². The maximum atomic E-state index is 2.75. The molecule has 1 N–H and O–H groups in total. The van der Waals surface area contributed by atoms with E-state index in [0.717, 1.165) is 0 Å². The lowest BCUT2D eigenvalue weighted by atomic mass is 10.4. The third-order valence-electron chi connectivity index (χ3n) is 1.73. The molecule has 1 rings (SSSR count). The van der Waals surface area contributed by atoms with Crippen molar-refractivity contribution in [3.05, 3.63) is 0 Å². The van der Waals surface area contributed by atoms with E-state index in [1.807, 2.05) is 14.1 Å². The molecule has 0 bridgehead atoms. The van der Waals surface area contributed by atoms with Gasteiger partial charge in [-0.15, -0.1) is 0 Å². The molecule has 0 spiro atoms. The van der Waals surface area contributed by atoms with Crippen molar-refractivity contribution >= 4 is 0 Å². The van der Waals surface area contributed by atoms with E-state index in [2.05, 4.69) is 29.2 Å². The van der Waals surface area contributed by atoms with Gasteiger partial charge >= 0.3 is 0 Å². The van der Waals surface area contributed by atoms with Gasteiger partial charge in [-0.1, -0.05) is 0 Å². The largest absolute Gasteiger partial charge is 0.323 e. The fourth-order valence-corrected chi connectivity index (χ4v) is 0.906. The van der Waals surface area contributed by atoms with Crippen molar-refractivity contribution in [1.29, 1.82) is 0 Å². The van der Waals surface area contributed by atoms with Crippen molar-refractivity contribution < 1.29 is 0 Å². The van der Waals surface area contributed by atoms with Gasteiger partial charge in [0.15, 0.2) is 0 Å². The van der Waals surface area contributed by atoms with Crippen LogP contribution >= 0.6 is 0 Å². The molecule has 0 saturated carbocycles. The SMILES string of the molecule is CN1CCN(C)CC1.CNC. The summed E-state index contributed by atoms with van der Waals surface area (Å²) >= 11 is 0. The minimum absolute atomic E-state index is 1.23. The summed E-state index contributed by atoms with van der Waals surface area (Å²) in [5.74, 6) is 0. The molecule has 0 atom stereocenters. The van der Waals surface area contributed by atoms with E-state index in [4.69, 9.17) is 0 Å². The monoisotopic (exact) mass is 159 g/mol. The summed E-state index contributed by atoms with van der Waals surface area (Å²) in [6.07, 6.45) is 0. The van der Waals surface area contributed by atoms with Crippen LogP contribution in [0.1, 0.15) is 0 Å². The van der Waals surface area contributed by atoms with Crippen LogP contribution in [0.3, 0.4) is 0 Å². The Bertz CT molecular complexity index is 67.4. The van der Waals surface area contributed by atoms with Gasteiger partial charge in [-0.2, -0.15) is 0 Å². The second-order valence-corrected chi connectivity index (χ2v) is 3.11. The van der Waals surface area contributed by atoms with E-state index in [1.54, 1.807) is 0 Å². The standard InChI is InChI=1S/C6H14N2.C2H7N/c1-7-3-5-8(2)6-4-7;1-3-2/h3-6H2,1-2H3;3H,1-2H3.